The van der Waals surface area contributed by atoms with Gasteiger partial charge in [0.25, 0.3) is 5.41 Å². The SMILES string of the molecule is CCC(C(=O)O)C(C(=O)O)(C(=O)O)C(=O)O.Cl.Cl.Cl.Cl. The highest BCUT2D eigenvalue weighted by Crippen LogP contribution is 2.32. The van der Waals surface area contributed by atoms with Gasteiger partial charge >= 0.3 is 23.9 Å². The third-order valence-electron chi connectivity index (χ3n) is 2.24. The minimum atomic E-state index is -3.36. The third-order valence-corrected chi connectivity index (χ3v) is 2.24. The molecule has 0 saturated carbocycles. The van der Waals surface area contributed by atoms with Crippen molar-refractivity contribution in [2.45, 2.75) is 13.3 Å². The first-order valence-corrected chi connectivity index (χ1v) is 4.15. The Hall–Kier alpha value is -0.960. The summed E-state index contributed by atoms with van der Waals surface area (Å²) in [6, 6.07) is 0. The van der Waals surface area contributed by atoms with Crippen molar-refractivity contribution in [2.24, 2.45) is 11.3 Å². The molecule has 4 N–H and O–H groups in total. The van der Waals surface area contributed by atoms with Crippen molar-refractivity contribution in [3.8, 4) is 0 Å². The number of hydrogen-bond acceptors (Lipinski definition) is 4. The van der Waals surface area contributed by atoms with E-state index in [1.54, 1.807) is 0 Å². The van der Waals surface area contributed by atoms with E-state index in [1.165, 1.54) is 6.92 Å². The molecule has 0 saturated heterocycles. The lowest BCUT2D eigenvalue weighted by molar-refractivity contribution is -0.185. The lowest BCUT2D eigenvalue weighted by Crippen LogP contribution is -2.54. The predicted octanol–water partition coefficient (Wildman–Crippen LogP) is 1.02. The maximum Gasteiger partial charge on any atom is 0.333 e. The van der Waals surface area contributed by atoms with E-state index in [4.69, 9.17) is 20.4 Å². The van der Waals surface area contributed by atoms with Crippen molar-refractivity contribution in [3.05, 3.63) is 0 Å². The molecule has 0 aromatic carbocycles. The Labute approximate surface area is 138 Å². The van der Waals surface area contributed by atoms with Crippen molar-refractivity contribution in [3.63, 3.8) is 0 Å². The Morgan fingerprint density at radius 1 is 0.800 bits per heavy atom. The number of rotatable bonds is 6. The number of halogens is 4. The Morgan fingerprint density at radius 2 is 1.05 bits per heavy atom. The van der Waals surface area contributed by atoms with Crippen LogP contribution >= 0.6 is 49.6 Å². The molecule has 0 rings (SSSR count). The molecule has 0 aromatic heterocycles. The van der Waals surface area contributed by atoms with Gasteiger partial charge in [-0.25, -0.2) is 0 Å². The molecule has 12 heteroatoms. The van der Waals surface area contributed by atoms with E-state index >= 15 is 0 Å². The Bertz CT molecular complexity index is 322. The first-order valence-electron chi connectivity index (χ1n) is 4.15. The molecule has 122 valence electrons. The first-order chi connectivity index (χ1) is 7.22. The predicted molar refractivity (Wildman–Crippen MR) is 75.7 cm³/mol. The van der Waals surface area contributed by atoms with Gasteiger partial charge in [0.05, 0.1) is 5.92 Å². The first kappa shape index (κ1) is 31.4. The average Bonchev–Trinajstić information content (AvgIpc) is 2.10. The molecule has 20 heavy (non-hydrogen) atoms. The van der Waals surface area contributed by atoms with Gasteiger partial charge in [0, 0.05) is 0 Å². The maximum atomic E-state index is 10.8. The molecule has 0 aliphatic heterocycles. The molecule has 0 radical (unpaired) electrons. The van der Waals surface area contributed by atoms with Gasteiger partial charge in [0.15, 0.2) is 0 Å². The van der Waals surface area contributed by atoms with Crippen molar-refractivity contribution in [1.29, 1.82) is 0 Å². The number of carboxylic acid groups (broad SMARTS) is 4. The lowest BCUT2D eigenvalue weighted by atomic mass is 9.74. The molecule has 0 fully saturated rings. The summed E-state index contributed by atoms with van der Waals surface area (Å²) in [4.78, 5) is 43.1. The molecule has 1 unspecified atom stereocenters. The van der Waals surface area contributed by atoms with Crippen LogP contribution in [-0.4, -0.2) is 44.3 Å². The maximum absolute atomic E-state index is 10.8. The van der Waals surface area contributed by atoms with E-state index in [-0.39, 0.29) is 49.6 Å². The van der Waals surface area contributed by atoms with Gasteiger partial charge in [-0.3, -0.25) is 19.2 Å². The fourth-order valence-corrected chi connectivity index (χ4v) is 1.39. The quantitative estimate of drug-likeness (QED) is 0.499. The summed E-state index contributed by atoms with van der Waals surface area (Å²) in [5.74, 6) is -10.4. The number of hydrogen-bond donors (Lipinski definition) is 4. The van der Waals surface area contributed by atoms with Gasteiger partial charge in [-0.15, -0.1) is 49.6 Å². The standard InChI is InChI=1S/C8H10O8.4ClH/c1-2-3(4(9)10)8(5(11)12,6(13)14)7(15)16;;;;/h3H,2H2,1H3,(H,9,10)(H,11,12)(H,13,14)(H,15,16);4*1H. The van der Waals surface area contributed by atoms with Crippen molar-refractivity contribution in [1.82, 2.24) is 0 Å². The molecule has 0 heterocycles. The normalized spacial score (nSPS) is 10.2. The second kappa shape index (κ2) is 11.8. The lowest BCUT2D eigenvalue weighted by Gasteiger charge is -2.25. The largest absolute Gasteiger partial charge is 0.481 e. The second-order valence-corrected chi connectivity index (χ2v) is 3.02. The van der Waals surface area contributed by atoms with E-state index in [2.05, 4.69) is 0 Å². The summed E-state index contributed by atoms with van der Waals surface area (Å²) < 4.78 is 0. The van der Waals surface area contributed by atoms with Gasteiger partial charge in [0.1, 0.15) is 0 Å². The van der Waals surface area contributed by atoms with Crippen LogP contribution in [0.5, 0.6) is 0 Å². The number of carbonyl (C=O) groups is 4. The molecule has 8 nitrogen and oxygen atoms in total. The fourth-order valence-electron chi connectivity index (χ4n) is 1.39. The van der Waals surface area contributed by atoms with Crippen LogP contribution in [-0.2, 0) is 19.2 Å². The van der Waals surface area contributed by atoms with Gasteiger partial charge in [0.2, 0.25) is 0 Å². The van der Waals surface area contributed by atoms with Crippen LogP contribution in [0.25, 0.3) is 0 Å². The highest BCUT2D eigenvalue weighted by atomic mass is 35.5. The molecule has 0 spiro atoms. The summed E-state index contributed by atoms with van der Waals surface area (Å²) in [6.07, 6.45) is -0.430. The molecule has 0 aromatic rings. The third kappa shape index (κ3) is 5.20. The van der Waals surface area contributed by atoms with E-state index in [1.807, 2.05) is 0 Å². The van der Waals surface area contributed by atoms with Crippen molar-refractivity contribution < 1.29 is 39.6 Å². The Morgan fingerprint density at radius 3 is 1.10 bits per heavy atom. The van der Waals surface area contributed by atoms with Gasteiger partial charge in [-0.05, 0) is 6.42 Å². The molecular weight excluding hydrogens is 366 g/mol. The minimum Gasteiger partial charge on any atom is -0.481 e. The van der Waals surface area contributed by atoms with Gasteiger partial charge in [-0.2, -0.15) is 0 Å². The summed E-state index contributed by atoms with van der Waals surface area (Å²) >= 11 is 0. The van der Waals surface area contributed by atoms with E-state index < -0.39 is 41.6 Å². The van der Waals surface area contributed by atoms with E-state index in [0.29, 0.717) is 0 Å². The highest BCUT2D eigenvalue weighted by molar-refractivity contribution is 6.18. The summed E-state index contributed by atoms with van der Waals surface area (Å²) in [6.45, 7) is 1.20. The van der Waals surface area contributed by atoms with Crippen LogP contribution in [0.3, 0.4) is 0 Å². The average molecular weight is 380 g/mol. The van der Waals surface area contributed by atoms with Gasteiger partial charge < -0.3 is 20.4 Å². The van der Waals surface area contributed by atoms with Crippen LogP contribution in [0.15, 0.2) is 0 Å². The Balaban J connectivity index is -0.000000187. The zero-order chi connectivity index (χ0) is 13.1. The molecular formula is C8H14Cl4O8. The molecule has 0 aliphatic rings. The van der Waals surface area contributed by atoms with Crippen LogP contribution in [0.2, 0.25) is 0 Å². The van der Waals surface area contributed by atoms with Gasteiger partial charge in [-0.1, -0.05) is 6.92 Å². The minimum absolute atomic E-state index is 0. The number of aliphatic carboxylic acids is 4. The Kier molecular flexibility index (Phi) is 18.6. The topological polar surface area (TPSA) is 149 Å². The van der Waals surface area contributed by atoms with E-state index in [9.17, 15) is 19.2 Å². The zero-order valence-electron chi connectivity index (χ0n) is 9.84. The molecule has 0 amide bonds. The number of carboxylic acids is 4. The summed E-state index contributed by atoms with van der Waals surface area (Å²) in [7, 11) is 0. The van der Waals surface area contributed by atoms with Crippen LogP contribution < -0.4 is 0 Å². The molecule has 0 bridgehead atoms. The van der Waals surface area contributed by atoms with Crippen molar-refractivity contribution >= 4 is 73.5 Å². The van der Waals surface area contributed by atoms with Crippen LogP contribution in [0.1, 0.15) is 13.3 Å². The molecule has 1 atom stereocenters. The monoisotopic (exact) mass is 378 g/mol. The van der Waals surface area contributed by atoms with Crippen LogP contribution in [0, 0.1) is 11.3 Å². The smallest absolute Gasteiger partial charge is 0.333 e. The summed E-state index contributed by atoms with van der Waals surface area (Å²) in [5, 5.41) is 34.7. The second-order valence-electron chi connectivity index (χ2n) is 3.02. The van der Waals surface area contributed by atoms with Crippen molar-refractivity contribution in [2.75, 3.05) is 0 Å². The van der Waals surface area contributed by atoms with Crippen LogP contribution in [0.4, 0.5) is 0 Å². The fraction of sp³-hybridized carbons (Fsp3) is 0.500. The summed E-state index contributed by atoms with van der Waals surface area (Å²) in [5.41, 5.74) is -3.36. The van der Waals surface area contributed by atoms with E-state index in [0.717, 1.165) is 0 Å². The highest BCUT2D eigenvalue weighted by Gasteiger charge is 2.62. The molecule has 0 aliphatic carbocycles. The zero-order valence-corrected chi connectivity index (χ0v) is 13.1.